The number of benzene rings is 1. The van der Waals surface area contributed by atoms with Crippen LogP contribution in [0.1, 0.15) is 32.6 Å². The molecule has 0 radical (unpaired) electrons. The molecule has 25 heavy (non-hydrogen) atoms. The van der Waals surface area contributed by atoms with Crippen LogP contribution in [0.5, 0.6) is 5.75 Å². The first kappa shape index (κ1) is 17.9. The van der Waals surface area contributed by atoms with E-state index in [-0.39, 0.29) is 24.0 Å². The average molecular weight is 363 g/mol. The van der Waals surface area contributed by atoms with E-state index in [2.05, 4.69) is 16.0 Å². The summed E-state index contributed by atoms with van der Waals surface area (Å²) in [6, 6.07) is 7.95. The number of amides is 3. The molecule has 0 saturated carbocycles. The van der Waals surface area contributed by atoms with Crippen LogP contribution in [0.15, 0.2) is 24.3 Å². The van der Waals surface area contributed by atoms with Gasteiger partial charge in [0, 0.05) is 17.4 Å². The summed E-state index contributed by atoms with van der Waals surface area (Å²) in [7, 11) is 0. The van der Waals surface area contributed by atoms with E-state index in [4.69, 9.17) is 4.74 Å². The Labute approximate surface area is 152 Å². The first-order chi connectivity index (χ1) is 12.2. The fourth-order valence-corrected chi connectivity index (χ4v) is 4.88. The number of para-hydroxylation sites is 2. The molecule has 3 rings (SSSR count). The van der Waals surface area contributed by atoms with Crippen molar-refractivity contribution in [2.45, 2.75) is 49.9 Å². The Hall–Kier alpha value is -1.89. The Morgan fingerprint density at radius 1 is 1.32 bits per heavy atom. The van der Waals surface area contributed by atoms with Crippen LogP contribution in [0.25, 0.3) is 0 Å². The molecule has 3 amide bonds. The normalized spacial score (nSPS) is 24.4. The summed E-state index contributed by atoms with van der Waals surface area (Å²) in [5.41, 5.74) is 0.725. The molecule has 6 nitrogen and oxygen atoms in total. The fourth-order valence-electron chi connectivity index (χ4n) is 3.34. The van der Waals surface area contributed by atoms with E-state index in [0.717, 1.165) is 30.7 Å². The number of anilines is 1. The summed E-state index contributed by atoms with van der Waals surface area (Å²) in [5, 5.41) is 9.33. The largest absolute Gasteiger partial charge is 0.492 e. The van der Waals surface area contributed by atoms with E-state index >= 15 is 0 Å². The summed E-state index contributed by atoms with van der Waals surface area (Å²) in [6.45, 7) is 2.49. The van der Waals surface area contributed by atoms with Gasteiger partial charge >= 0.3 is 6.03 Å². The smallest absolute Gasteiger partial charge is 0.315 e. The Balaban J connectivity index is 1.38. The second kappa shape index (κ2) is 8.47. The second-order valence-electron chi connectivity index (χ2n) is 6.34. The second-order valence-corrected chi connectivity index (χ2v) is 7.62. The van der Waals surface area contributed by atoms with Crippen LogP contribution in [0.4, 0.5) is 10.5 Å². The van der Waals surface area contributed by atoms with Gasteiger partial charge in [-0.1, -0.05) is 18.6 Å². The van der Waals surface area contributed by atoms with Crippen LogP contribution in [0.3, 0.4) is 0 Å². The van der Waals surface area contributed by atoms with E-state index < -0.39 is 0 Å². The number of thioether (sulfide) groups is 1. The fraction of sp³-hybridized carbons (Fsp3) is 0.556. The monoisotopic (exact) mass is 363 g/mol. The van der Waals surface area contributed by atoms with E-state index in [1.54, 1.807) is 0 Å². The molecule has 0 aromatic heterocycles. The number of urea groups is 1. The van der Waals surface area contributed by atoms with Crippen molar-refractivity contribution in [2.24, 2.45) is 0 Å². The number of ether oxygens (including phenoxy) is 1. The third-order valence-corrected chi connectivity index (χ3v) is 6.05. The van der Waals surface area contributed by atoms with E-state index in [1.165, 1.54) is 0 Å². The van der Waals surface area contributed by atoms with Crippen molar-refractivity contribution in [3.63, 3.8) is 0 Å². The lowest BCUT2D eigenvalue weighted by atomic mass is 10.0. The first-order valence-electron chi connectivity index (χ1n) is 8.87. The van der Waals surface area contributed by atoms with Gasteiger partial charge in [0.1, 0.15) is 5.75 Å². The van der Waals surface area contributed by atoms with Crippen LogP contribution in [0.2, 0.25) is 0 Å². The highest BCUT2D eigenvalue weighted by Gasteiger charge is 2.42. The molecule has 3 atom stereocenters. The number of hydrogen-bond donors (Lipinski definition) is 3. The molecule has 0 bridgehead atoms. The van der Waals surface area contributed by atoms with Crippen LogP contribution in [0, 0.1) is 0 Å². The molecule has 2 aliphatic rings. The van der Waals surface area contributed by atoms with Crippen LogP contribution in [-0.4, -0.2) is 41.6 Å². The number of hydrogen-bond acceptors (Lipinski definition) is 4. The first-order valence-corrected chi connectivity index (χ1v) is 9.92. The van der Waals surface area contributed by atoms with Gasteiger partial charge in [-0.05, 0) is 31.9 Å². The molecule has 2 fully saturated rings. The number of carbonyl (C=O) groups excluding carboxylic acids is 2. The highest BCUT2D eigenvalue weighted by Crippen LogP contribution is 2.33. The molecule has 136 valence electrons. The summed E-state index contributed by atoms with van der Waals surface area (Å²) in [6.07, 6.45) is 3.35. The lowest BCUT2D eigenvalue weighted by Crippen LogP contribution is -2.36. The summed E-state index contributed by atoms with van der Waals surface area (Å²) in [4.78, 5) is 23.5. The van der Waals surface area contributed by atoms with Gasteiger partial charge in [-0.15, -0.1) is 0 Å². The van der Waals surface area contributed by atoms with Gasteiger partial charge in [0.15, 0.2) is 0 Å². The summed E-state index contributed by atoms with van der Waals surface area (Å²) >= 11 is 1.91. The minimum Gasteiger partial charge on any atom is -0.492 e. The molecule has 0 unspecified atom stereocenters. The maximum atomic E-state index is 12.2. The molecular weight excluding hydrogens is 338 g/mol. The van der Waals surface area contributed by atoms with Crippen molar-refractivity contribution in [1.29, 1.82) is 0 Å². The number of rotatable bonds is 8. The summed E-state index contributed by atoms with van der Waals surface area (Å²) in [5.74, 6) is 1.69. The predicted molar refractivity (Wildman–Crippen MR) is 100 cm³/mol. The van der Waals surface area contributed by atoms with Crippen LogP contribution in [-0.2, 0) is 4.79 Å². The Kier molecular flexibility index (Phi) is 6.07. The van der Waals surface area contributed by atoms with Crippen molar-refractivity contribution in [3.05, 3.63) is 24.3 Å². The molecule has 3 N–H and O–H groups in total. The molecule has 0 aliphatic carbocycles. The number of fused-ring (bicyclic) bond motifs is 1. The Morgan fingerprint density at radius 2 is 2.16 bits per heavy atom. The zero-order valence-corrected chi connectivity index (χ0v) is 15.2. The lowest BCUT2D eigenvalue weighted by Gasteiger charge is -2.16. The Morgan fingerprint density at radius 3 is 3.00 bits per heavy atom. The third-order valence-electron chi connectivity index (χ3n) is 4.54. The lowest BCUT2D eigenvalue weighted by molar-refractivity contribution is -0.116. The average Bonchev–Trinajstić information content (AvgIpc) is 3.13. The van der Waals surface area contributed by atoms with Gasteiger partial charge in [0.25, 0.3) is 0 Å². The minimum atomic E-state index is -0.0485. The van der Waals surface area contributed by atoms with Crippen molar-refractivity contribution in [2.75, 3.05) is 17.7 Å². The standard InChI is InChI=1S/C18H25N3O3S/c1-2-24-14-8-4-3-7-12(14)19-16(22)10-6-5-9-15-17-13(11-25-15)20-18(23)21-17/h3-4,7-8,13,15,17H,2,5-6,9-11H2,1H3,(H,19,22)(H2,20,21,23)/t13-,15-,17-/m0/s1. The van der Waals surface area contributed by atoms with Gasteiger partial charge in [-0.25, -0.2) is 4.79 Å². The van der Waals surface area contributed by atoms with Crippen molar-refractivity contribution in [1.82, 2.24) is 10.6 Å². The van der Waals surface area contributed by atoms with Crippen LogP contribution >= 0.6 is 11.8 Å². The molecule has 7 heteroatoms. The van der Waals surface area contributed by atoms with Gasteiger partial charge in [0.05, 0.1) is 24.4 Å². The molecule has 0 spiro atoms. The zero-order valence-electron chi connectivity index (χ0n) is 14.4. The summed E-state index contributed by atoms with van der Waals surface area (Å²) < 4.78 is 5.52. The van der Waals surface area contributed by atoms with E-state index in [1.807, 2.05) is 43.0 Å². The van der Waals surface area contributed by atoms with Gasteiger partial charge < -0.3 is 20.7 Å². The van der Waals surface area contributed by atoms with E-state index in [9.17, 15) is 9.59 Å². The Bertz CT molecular complexity index is 625. The third kappa shape index (κ3) is 4.60. The molecule has 2 saturated heterocycles. The maximum absolute atomic E-state index is 12.2. The molecule has 1 aromatic carbocycles. The predicted octanol–water partition coefficient (Wildman–Crippen LogP) is 2.75. The molecule has 2 heterocycles. The SMILES string of the molecule is CCOc1ccccc1NC(=O)CCCC[C@@H]1SC[C@@H]2NC(=O)N[C@@H]21. The van der Waals surface area contributed by atoms with Gasteiger partial charge in [0.2, 0.25) is 5.91 Å². The van der Waals surface area contributed by atoms with Gasteiger partial charge in [-0.3, -0.25) is 4.79 Å². The van der Waals surface area contributed by atoms with Crippen LogP contribution < -0.4 is 20.7 Å². The van der Waals surface area contributed by atoms with Gasteiger partial charge in [-0.2, -0.15) is 11.8 Å². The number of carbonyl (C=O) groups is 2. The maximum Gasteiger partial charge on any atom is 0.315 e. The zero-order chi connectivity index (χ0) is 17.6. The van der Waals surface area contributed by atoms with Crippen molar-refractivity contribution in [3.8, 4) is 5.75 Å². The molecule has 2 aliphatic heterocycles. The van der Waals surface area contributed by atoms with E-state index in [0.29, 0.717) is 24.0 Å². The highest BCUT2D eigenvalue weighted by atomic mass is 32.2. The molecule has 1 aromatic rings. The topological polar surface area (TPSA) is 79.5 Å². The molecular formula is C18H25N3O3S. The minimum absolute atomic E-state index is 0.0138. The quantitative estimate of drug-likeness (QED) is 0.490. The number of unbranched alkanes of at least 4 members (excludes halogenated alkanes) is 1. The number of nitrogens with one attached hydrogen (secondary N) is 3. The van der Waals surface area contributed by atoms with Crippen molar-refractivity contribution >= 4 is 29.4 Å². The highest BCUT2D eigenvalue weighted by molar-refractivity contribution is 8.00. The van der Waals surface area contributed by atoms with Crippen molar-refractivity contribution < 1.29 is 14.3 Å².